The Kier molecular flexibility index (Phi) is 3.14. The number of carbonyl (C=O) groups is 1. The number of nitrogens with zero attached hydrogens (tertiary/aromatic N) is 1. The van der Waals surface area contributed by atoms with E-state index < -0.39 is 39.9 Å². The number of hydrogen-bond acceptors (Lipinski definition) is 4. The van der Waals surface area contributed by atoms with E-state index in [2.05, 4.69) is 0 Å². The van der Waals surface area contributed by atoms with Gasteiger partial charge in [-0.25, -0.2) is 9.18 Å². The number of carboxylic acid groups (broad SMARTS) is 1. The van der Waals surface area contributed by atoms with Gasteiger partial charge in [0.2, 0.25) is 5.82 Å². The molecule has 1 unspecified atom stereocenters. The number of hydrogen-bond donors (Lipinski definition) is 2. The molecule has 1 atom stereocenters. The zero-order valence-electron chi connectivity index (χ0n) is 7.55. The Balaban J connectivity index is 3.40. The zero-order chi connectivity index (χ0) is 12.5. The highest BCUT2D eigenvalue weighted by Crippen LogP contribution is 2.26. The molecule has 0 fully saturated rings. The first kappa shape index (κ1) is 12.0. The van der Waals surface area contributed by atoms with E-state index in [0.717, 1.165) is 0 Å². The molecular weight excluding hydrogens is 228 g/mol. The first-order chi connectivity index (χ1) is 7.34. The summed E-state index contributed by atoms with van der Waals surface area (Å²) in [7, 11) is 0. The van der Waals surface area contributed by atoms with Crippen LogP contribution in [0.2, 0.25) is 0 Å². The van der Waals surface area contributed by atoms with Crippen LogP contribution in [0.3, 0.4) is 0 Å². The van der Waals surface area contributed by atoms with Crippen molar-refractivity contribution in [2.24, 2.45) is 0 Å². The molecule has 0 spiro atoms. The number of aliphatic hydroxyl groups excluding tert-OH is 1. The quantitative estimate of drug-likeness (QED) is 0.598. The largest absolute Gasteiger partial charge is 0.479 e. The average Bonchev–Trinajstić information content (AvgIpc) is 2.19. The maximum atomic E-state index is 13.3. The van der Waals surface area contributed by atoms with Crippen LogP contribution in [0.15, 0.2) is 12.1 Å². The smallest absolute Gasteiger partial charge is 0.337 e. The van der Waals surface area contributed by atoms with Crippen LogP contribution in [0.4, 0.5) is 14.5 Å². The normalized spacial score (nSPS) is 12.2. The molecule has 86 valence electrons. The molecule has 0 radical (unpaired) electrons. The summed E-state index contributed by atoms with van der Waals surface area (Å²) in [5.41, 5.74) is -2.21. The van der Waals surface area contributed by atoms with E-state index >= 15 is 0 Å². The summed E-state index contributed by atoms with van der Waals surface area (Å²) in [6.07, 6.45) is -2.35. The first-order valence-electron chi connectivity index (χ1n) is 3.88. The number of rotatable bonds is 3. The zero-order valence-corrected chi connectivity index (χ0v) is 7.55. The fourth-order valence-electron chi connectivity index (χ4n) is 1.06. The van der Waals surface area contributed by atoms with E-state index in [4.69, 9.17) is 10.2 Å². The molecule has 0 saturated carbocycles. The van der Waals surface area contributed by atoms with Gasteiger partial charge in [-0.2, -0.15) is 4.39 Å². The van der Waals surface area contributed by atoms with E-state index in [-0.39, 0.29) is 0 Å². The van der Waals surface area contributed by atoms with Gasteiger partial charge < -0.3 is 10.2 Å². The maximum absolute atomic E-state index is 13.3. The highest BCUT2D eigenvalue weighted by atomic mass is 19.1. The van der Waals surface area contributed by atoms with Crippen LogP contribution in [0, 0.1) is 21.7 Å². The molecule has 1 aromatic rings. The van der Waals surface area contributed by atoms with E-state index in [1.807, 2.05) is 0 Å². The molecule has 1 aromatic carbocycles. The molecule has 0 aliphatic rings. The van der Waals surface area contributed by atoms with Crippen molar-refractivity contribution in [3.63, 3.8) is 0 Å². The summed E-state index contributed by atoms with van der Waals surface area (Å²) in [5, 5.41) is 27.6. The van der Waals surface area contributed by atoms with Crippen LogP contribution in [0.25, 0.3) is 0 Å². The number of halogens is 2. The monoisotopic (exact) mass is 233 g/mol. The molecular formula is C8H5F2NO5. The molecule has 0 aliphatic carbocycles. The molecule has 6 nitrogen and oxygen atoms in total. The molecule has 8 heteroatoms. The van der Waals surface area contributed by atoms with Crippen molar-refractivity contribution in [2.75, 3.05) is 0 Å². The number of aliphatic hydroxyl groups is 1. The van der Waals surface area contributed by atoms with Crippen molar-refractivity contribution < 1.29 is 28.7 Å². The lowest BCUT2D eigenvalue weighted by atomic mass is 10.1. The fraction of sp³-hybridized carbons (Fsp3) is 0.125. The summed E-state index contributed by atoms with van der Waals surface area (Å²) < 4.78 is 26.1. The lowest BCUT2D eigenvalue weighted by molar-refractivity contribution is -0.387. The van der Waals surface area contributed by atoms with Gasteiger partial charge in [0.05, 0.1) is 11.0 Å². The van der Waals surface area contributed by atoms with Crippen molar-refractivity contribution in [1.29, 1.82) is 0 Å². The third kappa shape index (κ3) is 2.11. The van der Waals surface area contributed by atoms with Crippen molar-refractivity contribution >= 4 is 11.7 Å². The Morgan fingerprint density at radius 2 is 2.00 bits per heavy atom. The standard InChI is InChI=1S/C8H5F2NO5/c9-3-1-4(7(12)8(13)14)6(10)5(2-3)11(15)16/h1-2,7,12H,(H,13,14). The van der Waals surface area contributed by atoms with Crippen molar-refractivity contribution in [2.45, 2.75) is 6.10 Å². The Morgan fingerprint density at radius 1 is 1.44 bits per heavy atom. The Labute approximate surface area is 86.9 Å². The van der Waals surface area contributed by atoms with Crippen LogP contribution < -0.4 is 0 Å². The van der Waals surface area contributed by atoms with Crippen LogP contribution in [0.5, 0.6) is 0 Å². The van der Waals surface area contributed by atoms with Gasteiger partial charge in [-0.15, -0.1) is 0 Å². The number of nitro benzene ring substituents is 1. The van der Waals surface area contributed by atoms with Gasteiger partial charge in [-0.05, 0) is 6.07 Å². The summed E-state index contributed by atoms with van der Waals surface area (Å²) in [6, 6.07) is 0.689. The first-order valence-corrected chi connectivity index (χ1v) is 3.88. The minimum Gasteiger partial charge on any atom is -0.479 e. The number of carboxylic acids is 1. The summed E-state index contributed by atoms with van der Waals surface area (Å²) in [6.45, 7) is 0. The third-order valence-corrected chi connectivity index (χ3v) is 1.77. The van der Waals surface area contributed by atoms with Crippen LogP contribution in [-0.4, -0.2) is 21.1 Å². The molecule has 16 heavy (non-hydrogen) atoms. The van der Waals surface area contributed by atoms with Crippen LogP contribution in [-0.2, 0) is 4.79 Å². The van der Waals surface area contributed by atoms with Crippen LogP contribution in [0.1, 0.15) is 11.7 Å². The highest BCUT2D eigenvalue weighted by molar-refractivity contribution is 5.74. The number of benzene rings is 1. The van der Waals surface area contributed by atoms with Crippen molar-refractivity contribution in [3.05, 3.63) is 39.4 Å². The Hall–Kier alpha value is -2.09. The number of aliphatic carboxylic acids is 1. The number of nitro groups is 1. The predicted molar refractivity (Wildman–Crippen MR) is 45.6 cm³/mol. The Bertz CT molecular complexity index is 462. The summed E-state index contributed by atoms with van der Waals surface area (Å²) in [5.74, 6) is -4.61. The average molecular weight is 233 g/mol. The van der Waals surface area contributed by atoms with Gasteiger partial charge in [0.1, 0.15) is 5.82 Å². The molecule has 0 aromatic heterocycles. The molecule has 1 rings (SSSR count). The molecule has 0 amide bonds. The van der Waals surface area contributed by atoms with Crippen molar-refractivity contribution in [1.82, 2.24) is 0 Å². The van der Waals surface area contributed by atoms with Crippen LogP contribution >= 0.6 is 0 Å². The predicted octanol–water partition coefficient (Wildman–Crippen LogP) is 0.991. The molecule has 2 N–H and O–H groups in total. The van der Waals surface area contributed by atoms with Gasteiger partial charge in [-0.1, -0.05) is 0 Å². The summed E-state index contributed by atoms with van der Waals surface area (Å²) in [4.78, 5) is 19.4. The second kappa shape index (κ2) is 4.19. The minimum absolute atomic E-state index is 0.299. The molecule has 0 bridgehead atoms. The topological polar surface area (TPSA) is 101 Å². The van der Waals surface area contributed by atoms with E-state index in [9.17, 15) is 23.7 Å². The fourth-order valence-corrected chi connectivity index (χ4v) is 1.06. The van der Waals surface area contributed by atoms with Gasteiger partial charge in [0.15, 0.2) is 6.10 Å². The second-order valence-electron chi connectivity index (χ2n) is 2.83. The summed E-state index contributed by atoms with van der Waals surface area (Å²) >= 11 is 0. The maximum Gasteiger partial charge on any atom is 0.337 e. The van der Waals surface area contributed by atoms with Gasteiger partial charge in [-0.3, -0.25) is 10.1 Å². The lowest BCUT2D eigenvalue weighted by Gasteiger charge is -2.07. The van der Waals surface area contributed by atoms with E-state index in [0.29, 0.717) is 12.1 Å². The lowest BCUT2D eigenvalue weighted by Crippen LogP contribution is -2.13. The van der Waals surface area contributed by atoms with Gasteiger partial charge >= 0.3 is 11.7 Å². The molecule has 0 saturated heterocycles. The van der Waals surface area contributed by atoms with Crippen molar-refractivity contribution in [3.8, 4) is 0 Å². The minimum atomic E-state index is -2.35. The van der Waals surface area contributed by atoms with Gasteiger partial charge in [0.25, 0.3) is 0 Å². The third-order valence-electron chi connectivity index (χ3n) is 1.77. The highest BCUT2D eigenvalue weighted by Gasteiger charge is 2.27. The molecule has 0 heterocycles. The Morgan fingerprint density at radius 3 is 2.44 bits per heavy atom. The molecule has 0 aliphatic heterocycles. The van der Waals surface area contributed by atoms with E-state index in [1.165, 1.54) is 0 Å². The SMILES string of the molecule is O=C(O)C(O)c1cc(F)cc([N+](=O)[O-])c1F. The van der Waals surface area contributed by atoms with E-state index in [1.54, 1.807) is 0 Å². The van der Waals surface area contributed by atoms with Gasteiger partial charge in [0, 0.05) is 5.56 Å². The second-order valence-corrected chi connectivity index (χ2v) is 2.83.